The molecule has 0 saturated carbocycles. The molecule has 0 radical (unpaired) electrons. The number of ketones is 1. The van der Waals surface area contributed by atoms with E-state index < -0.39 is 17.5 Å². The van der Waals surface area contributed by atoms with E-state index in [1.54, 1.807) is 16.8 Å². The molecule has 1 aromatic carbocycles. The Bertz CT molecular complexity index is 544. The van der Waals surface area contributed by atoms with Gasteiger partial charge in [-0.3, -0.25) is 4.79 Å². The summed E-state index contributed by atoms with van der Waals surface area (Å²) in [6, 6.07) is 6.61. The van der Waals surface area contributed by atoms with Gasteiger partial charge in [-0.05, 0) is 28.5 Å². The van der Waals surface area contributed by atoms with Crippen LogP contribution < -0.4 is 0 Å². The lowest BCUT2D eigenvalue weighted by Gasteiger charge is -2.11. The fourth-order valence-electron chi connectivity index (χ4n) is 1.65. The lowest BCUT2D eigenvalue weighted by Crippen LogP contribution is -2.14. The summed E-state index contributed by atoms with van der Waals surface area (Å²) in [7, 11) is 0. The normalized spacial score (nSPS) is 11.5. The van der Waals surface area contributed by atoms with Gasteiger partial charge in [0.05, 0.1) is 5.56 Å². The van der Waals surface area contributed by atoms with Crippen molar-refractivity contribution in [3.05, 3.63) is 57.8 Å². The van der Waals surface area contributed by atoms with Gasteiger partial charge in [0.1, 0.15) is 0 Å². The molecule has 1 aromatic heterocycles. The van der Waals surface area contributed by atoms with Gasteiger partial charge in [-0.1, -0.05) is 18.2 Å². The summed E-state index contributed by atoms with van der Waals surface area (Å²) < 4.78 is 38.2. The number of benzene rings is 1. The van der Waals surface area contributed by atoms with E-state index in [1.807, 2.05) is 0 Å². The third-order valence-corrected chi connectivity index (χ3v) is 3.21. The number of carbonyl (C=O) groups is 1. The van der Waals surface area contributed by atoms with Crippen LogP contribution in [0.4, 0.5) is 13.2 Å². The molecule has 0 spiro atoms. The second kappa shape index (κ2) is 4.94. The summed E-state index contributed by atoms with van der Waals surface area (Å²) >= 11 is 1.41. The Morgan fingerprint density at radius 3 is 2.50 bits per heavy atom. The van der Waals surface area contributed by atoms with E-state index in [1.165, 1.54) is 29.5 Å². The monoisotopic (exact) mass is 270 g/mol. The Balaban J connectivity index is 2.31. The average molecular weight is 270 g/mol. The zero-order valence-corrected chi connectivity index (χ0v) is 10.0. The minimum Gasteiger partial charge on any atom is -0.294 e. The first-order valence-corrected chi connectivity index (χ1v) is 6.13. The van der Waals surface area contributed by atoms with Crippen LogP contribution in [0.1, 0.15) is 21.5 Å². The van der Waals surface area contributed by atoms with Crippen molar-refractivity contribution in [3.8, 4) is 0 Å². The zero-order chi connectivity index (χ0) is 13.2. The summed E-state index contributed by atoms with van der Waals surface area (Å²) in [5.74, 6) is -0.513. The molecule has 0 aliphatic heterocycles. The molecule has 1 heterocycles. The van der Waals surface area contributed by atoms with Crippen LogP contribution >= 0.6 is 11.3 Å². The number of thiophene rings is 1. The Hall–Kier alpha value is -1.62. The van der Waals surface area contributed by atoms with E-state index in [0.29, 0.717) is 0 Å². The highest BCUT2D eigenvalue weighted by Crippen LogP contribution is 2.32. The largest absolute Gasteiger partial charge is 0.417 e. The molecule has 0 atom stereocenters. The van der Waals surface area contributed by atoms with Crippen molar-refractivity contribution in [3.63, 3.8) is 0 Å². The molecule has 18 heavy (non-hydrogen) atoms. The molecule has 0 unspecified atom stereocenters. The van der Waals surface area contributed by atoms with Gasteiger partial charge in [0, 0.05) is 12.0 Å². The van der Waals surface area contributed by atoms with Crippen LogP contribution in [0, 0.1) is 0 Å². The van der Waals surface area contributed by atoms with Gasteiger partial charge in [0.25, 0.3) is 0 Å². The number of halogens is 3. The van der Waals surface area contributed by atoms with E-state index >= 15 is 0 Å². The molecule has 0 bridgehead atoms. The Morgan fingerprint density at radius 2 is 1.89 bits per heavy atom. The molecule has 0 fully saturated rings. The predicted molar refractivity (Wildman–Crippen MR) is 63.8 cm³/mol. The van der Waals surface area contributed by atoms with Crippen molar-refractivity contribution < 1.29 is 18.0 Å². The zero-order valence-electron chi connectivity index (χ0n) is 9.20. The van der Waals surface area contributed by atoms with Gasteiger partial charge in [-0.2, -0.15) is 24.5 Å². The number of carbonyl (C=O) groups excluding carboxylic acids is 1. The lowest BCUT2D eigenvalue weighted by molar-refractivity contribution is -0.137. The van der Waals surface area contributed by atoms with Crippen molar-refractivity contribution in [1.82, 2.24) is 0 Å². The molecule has 0 aliphatic carbocycles. The topological polar surface area (TPSA) is 17.1 Å². The standard InChI is InChI=1S/C13H9F3OS/c14-13(15,16)11-4-2-1-3-10(11)12(17)7-9-5-6-18-8-9/h1-6,8H,7H2. The van der Waals surface area contributed by atoms with Gasteiger partial charge in [-0.15, -0.1) is 0 Å². The number of hydrogen-bond acceptors (Lipinski definition) is 2. The molecule has 1 nitrogen and oxygen atoms in total. The van der Waals surface area contributed by atoms with Crippen LogP contribution in [-0.4, -0.2) is 5.78 Å². The molecule has 0 amide bonds. The number of hydrogen-bond donors (Lipinski definition) is 0. The van der Waals surface area contributed by atoms with Crippen LogP contribution in [0.5, 0.6) is 0 Å². The first-order chi connectivity index (χ1) is 8.48. The van der Waals surface area contributed by atoms with E-state index in [4.69, 9.17) is 0 Å². The highest BCUT2D eigenvalue weighted by Gasteiger charge is 2.34. The van der Waals surface area contributed by atoms with Crippen LogP contribution in [0.15, 0.2) is 41.1 Å². The second-order valence-electron chi connectivity index (χ2n) is 3.77. The van der Waals surface area contributed by atoms with Crippen molar-refractivity contribution in [2.24, 2.45) is 0 Å². The van der Waals surface area contributed by atoms with E-state index in [9.17, 15) is 18.0 Å². The Labute approximate surface area is 106 Å². The minimum absolute atomic E-state index is 0.00338. The van der Waals surface area contributed by atoms with Crippen LogP contribution in [0.3, 0.4) is 0 Å². The number of alkyl halides is 3. The Kier molecular flexibility index (Phi) is 3.52. The highest BCUT2D eigenvalue weighted by atomic mass is 32.1. The first kappa shape index (κ1) is 12.8. The average Bonchev–Trinajstić information content (AvgIpc) is 2.80. The molecule has 0 aliphatic rings. The SMILES string of the molecule is O=C(Cc1ccsc1)c1ccccc1C(F)(F)F. The van der Waals surface area contributed by atoms with E-state index in [-0.39, 0.29) is 12.0 Å². The van der Waals surface area contributed by atoms with Gasteiger partial charge in [0.15, 0.2) is 5.78 Å². The molecule has 2 rings (SSSR count). The third kappa shape index (κ3) is 2.79. The van der Waals surface area contributed by atoms with Gasteiger partial charge >= 0.3 is 6.18 Å². The summed E-state index contributed by atoms with van der Waals surface area (Å²) in [6.07, 6.45) is -4.50. The Morgan fingerprint density at radius 1 is 1.17 bits per heavy atom. The molecule has 0 saturated heterocycles. The quantitative estimate of drug-likeness (QED) is 0.764. The van der Waals surface area contributed by atoms with Crippen molar-refractivity contribution in [2.75, 3.05) is 0 Å². The van der Waals surface area contributed by atoms with Gasteiger partial charge in [0.2, 0.25) is 0 Å². The van der Waals surface area contributed by atoms with Crippen LogP contribution in [0.2, 0.25) is 0 Å². The van der Waals surface area contributed by atoms with Crippen molar-refractivity contribution >= 4 is 17.1 Å². The lowest BCUT2D eigenvalue weighted by atomic mass is 9.99. The molecule has 94 valence electrons. The summed E-state index contributed by atoms with van der Waals surface area (Å²) in [5.41, 5.74) is -0.400. The van der Waals surface area contributed by atoms with E-state index in [2.05, 4.69) is 0 Å². The summed E-state index contributed by atoms with van der Waals surface area (Å²) in [4.78, 5) is 11.9. The number of rotatable bonds is 3. The smallest absolute Gasteiger partial charge is 0.294 e. The maximum atomic E-state index is 12.7. The van der Waals surface area contributed by atoms with Gasteiger partial charge < -0.3 is 0 Å². The molecule has 2 aromatic rings. The maximum Gasteiger partial charge on any atom is 0.417 e. The fourth-order valence-corrected chi connectivity index (χ4v) is 2.32. The molecule has 5 heteroatoms. The third-order valence-electron chi connectivity index (χ3n) is 2.48. The van der Waals surface area contributed by atoms with Gasteiger partial charge in [-0.25, -0.2) is 0 Å². The fraction of sp³-hybridized carbons (Fsp3) is 0.154. The second-order valence-corrected chi connectivity index (χ2v) is 4.55. The summed E-state index contributed by atoms with van der Waals surface area (Å²) in [6.45, 7) is 0. The first-order valence-electron chi connectivity index (χ1n) is 5.19. The van der Waals surface area contributed by atoms with E-state index in [0.717, 1.165) is 11.6 Å². The van der Waals surface area contributed by atoms with Crippen molar-refractivity contribution in [2.45, 2.75) is 12.6 Å². The molecular weight excluding hydrogens is 261 g/mol. The van der Waals surface area contributed by atoms with Crippen LogP contribution in [0.25, 0.3) is 0 Å². The molecule has 0 N–H and O–H groups in total. The van der Waals surface area contributed by atoms with Crippen LogP contribution in [-0.2, 0) is 12.6 Å². The molecular formula is C13H9F3OS. The maximum absolute atomic E-state index is 12.7. The highest BCUT2D eigenvalue weighted by molar-refractivity contribution is 7.08. The summed E-state index contributed by atoms with van der Waals surface area (Å²) in [5, 5.41) is 3.55. The van der Waals surface area contributed by atoms with Crippen molar-refractivity contribution in [1.29, 1.82) is 0 Å². The number of Topliss-reactive ketones (excluding diaryl/α,β-unsaturated/α-hetero) is 1. The minimum atomic E-state index is -4.50. The predicted octanol–water partition coefficient (Wildman–Crippen LogP) is 4.19.